The van der Waals surface area contributed by atoms with Gasteiger partial charge in [-0.05, 0) is 24.4 Å². The van der Waals surface area contributed by atoms with Gasteiger partial charge >= 0.3 is 5.97 Å². The lowest BCUT2D eigenvalue weighted by atomic mass is 10.3. The zero-order valence-electron chi connectivity index (χ0n) is 9.49. The van der Waals surface area contributed by atoms with Crippen LogP contribution < -0.4 is 0 Å². The average molecular weight is 259 g/mol. The van der Waals surface area contributed by atoms with Gasteiger partial charge in [-0.3, -0.25) is 0 Å². The number of aromatic nitrogens is 3. The summed E-state index contributed by atoms with van der Waals surface area (Å²) in [6.07, 6.45) is 0. The smallest absolute Gasteiger partial charge is 0.354 e. The maximum Gasteiger partial charge on any atom is 0.354 e. The molecule has 0 fully saturated rings. The van der Waals surface area contributed by atoms with E-state index in [1.54, 1.807) is 16.6 Å². The summed E-state index contributed by atoms with van der Waals surface area (Å²) in [6, 6.07) is 7.17. The van der Waals surface area contributed by atoms with Crippen molar-refractivity contribution in [2.75, 3.05) is 0 Å². The Bertz CT molecular complexity index is 731. The molecule has 0 atom stereocenters. The Kier molecular flexibility index (Phi) is 2.38. The Balaban J connectivity index is 2.36. The molecule has 0 saturated heterocycles. The van der Waals surface area contributed by atoms with Gasteiger partial charge in [-0.1, -0.05) is 6.07 Å². The fourth-order valence-electron chi connectivity index (χ4n) is 1.80. The van der Waals surface area contributed by atoms with E-state index in [4.69, 9.17) is 5.11 Å². The molecule has 3 rings (SSSR count). The van der Waals surface area contributed by atoms with E-state index in [0.717, 1.165) is 16.3 Å². The Hall–Kier alpha value is -2.21. The molecule has 6 heteroatoms. The summed E-state index contributed by atoms with van der Waals surface area (Å²) in [4.78, 5) is 16.1. The molecule has 3 heterocycles. The van der Waals surface area contributed by atoms with Crippen LogP contribution in [0.15, 0.2) is 29.6 Å². The fraction of sp³-hybridized carbons (Fsp3) is 0.0833. The minimum atomic E-state index is -1.03. The van der Waals surface area contributed by atoms with Gasteiger partial charge < -0.3 is 5.11 Å². The lowest BCUT2D eigenvalue weighted by molar-refractivity contribution is 0.0690. The number of carboxylic acids is 1. The third-order valence-electron chi connectivity index (χ3n) is 2.54. The van der Waals surface area contributed by atoms with Gasteiger partial charge in [-0.25, -0.2) is 14.3 Å². The predicted octanol–water partition coefficient (Wildman–Crippen LogP) is 2.46. The van der Waals surface area contributed by atoms with Crippen LogP contribution in [0.4, 0.5) is 0 Å². The second-order valence-electron chi connectivity index (χ2n) is 3.86. The normalized spacial score (nSPS) is 10.9. The molecule has 0 radical (unpaired) electrons. The van der Waals surface area contributed by atoms with Gasteiger partial charge in [0.15, 0.2) is 11.3 Å². The highest BCUT2D eigenvalue weighted by Gasteiger charge is 2.14. The first-order chi connectivity index (χ1) is 8.65. The second kappa shape index (κ2) is 3.92. The lowest BCUT2D eigenvalue weighted by Gasteiger charge is -2.03. The van der Waals surface area contributed by atoms with Crippen molar-refractivity contribution in [3.05, 3.63) is 41.0 Å². The summed E-state index contributed by atoms with van der Waals surface area (Å²) in [5.41, 5.74) is 2.14. The van der Waals surface area contributed by atoms with Gasteiger partial charge in [0.2, 0.25) is 0 Å². The number of rotatable bonds is 2. The fourth-order valence-corrected chi connectivity index (χ4v) is 2.53. The van der Waals surface area contributed by atoms with Crippen molar-refractivity contribution in [2.45, 2.75) is 6.92 Å². The Morgan fingerprint density at radius 2 is 2.28 bits per heavy atom. The van der Waals surface area contributed by atoms with Gasteiger partial charge in [0.25, 0.3) is 0 Å². The molecule has 0 bridgehead atoms. The third kappa shape index (κ3) is 1.67. The van der Waals surface area contributed by atoms with Gasteiger partial charge in [-0.2, -0.15) is 5.10 Å². The van der Waals surface area contributed by atoms with E-state index in [0.29, 0.717) is 5.65 Å². The summed E-state index contributed by atoms with van der Waals surface area (Å²) in [7, 11) is 0. The molecule has 0 aliphatic heterocycles. The van der Waals surface area contributed by atoms with Crippen LogP contribution >= 0.6 is 11.3 Å². The lowest BCUT2D eigenvalue weighted by Crippen LogP contribution is -2.04. The average Bonchev–Trinajstić information content (AvgIpc) is 2.94. The Morgan fingerprint density at radius 1 is 1.44 bits per heavy atom. The van der Waals surface area contributed by atoms with Gasteiger partial charge in [-0.15, -0.1) is 11.3 Å². The Morgan fingerprint density at radius 3 is 2.94 bits per heavy atom. The molecule has 1 N–H and O–H groups in total. The number of fused-ring (bicyclic) bond motifs is 1. The van der Waals surface area contributed by atoms with Crippen molar-refractivity contribution in [1.29, 1.82) is 0 Å². The minimum absolute atomic E-state index is 0.0331. The number of hydrogen-bond donors (Lipinski definition) is 1. The van der Waals surface area contributed by atoms with Crippen molar-refractivity contribution in [3.8, 4) is 10.6 Å². The molecule has 3 aromatic rings. The summed E-state index contributed by atoms with van der Waals surface area (Å²) >= 11 is 1.54. The van der Waals surface area contributed by atoms with E-state index in [2.05, 4.69) is 10.1 Å². The number of carboxylic acid groups (broad SMARTS) is 1. The molecule has 0 unspecified atom stereocenters. The predicted molar refractivity (Wildman–Crippen MR) is 68.0 cm³/mol. The van der Waals surface area contributed by atoms with E-state index in [-0.39, 0.29) is 5.69 Å². The summed E-state index contributed by atoms with van der Waals surface area (Å²) in [5.74, 6) is -1.03. The van der Waals surface area contributed by atoms with Gasteiger partial charge in [0.05, 0.1) is 16.3 Å². The van der Waals surface area contributed by atoms with Crippen LogP contribution in [-0.4, -0.2) is 25.7 Å². The minimum Gasteiger partial charge on any atom is -0.477 e. The van der Waals surface area contributed by atoms with Crippen molar-refractivity contribution < 1.29 is 9.90 Å². The first-order valence-electron chi connectivity index (χ1n) is 5.30. The standard InChI is InChI=1S/C12H9N3O2S/c1-7-5-11-13-8(12(16)17)6-9(15(11)14-7)10-3-2-4-18-10/h2-6H,1H3,(H,16,17). The van der Waals surface area contributed by atoms with Crippen LogP contribution in [0.3, 0.4) is 0 Å². The Labute approximate surface area is 106 Å². The SMILES string of the molecule is Cc1cc2nc(C(=O)O)cc(-c3cccs3)n2n1. The number of nitrogens with zero attached hydrogens (tertiary/aromatic N) is 3. The van der Waals surface area contributed by atoms with Crippen LogP contribution in [0.1, 0.15) is 16.2 Å². The largest absolute Gasteiger partial charge is 0.477 e. The zero-order chi connectivity index (χ0) is 12.7. The highest BCUT2D eigenvalue weighted by atomic mass is 32.1. The third-order valence-corrected chi connectivity index (χ3v) is 3.43. The maximum atomic E-state index is 11.1. The number of aryl methyl sites for hydroxylation is 1. The number of aromatic carboxylic acids is 1. The van der Waals surface area contributed by atoms with Crippen molar-refractivity contribution >= 4 is 23.0 Å². The van der Waals surface area contributed by atoms with E-state index in [9.17, 15) is 4.79 Å². The zero-order valence-corrected chi connectivity index (χ0v) is 10.3. The molecule has 0 amide bonds. The second-order valence-corrected chi connectivity index (χ2v) is 4.81. The van der Waals surface area contributed by atoms with E-state index in [1.165, 1.54) is 11.3 Å². The molecule has 0 aliphatic carbocycles. The number of thiophene rings is 1. The molecule has 0 saturated carbocycles. The van der Waals surface area contributed by atoms with Crippen molar-refractivity contribution in [2.24, 2.45) is 0 Å². The van der Waals surface area contributed by atoms with Crippen molar-refractivity contribution in [1.82, 2.24) is 14.6 Å². The van der Waals surface area contributed by atoms with Crippen LogP contribution in [0, 0.1) is 6.92 Å². The molecule has 18 heavy (non-hydrogen) atoms. The molecule has 5 nitrogen and oxygen atoms in total. The summed E-state index contributed by atoms with van der Waals surface area (Å²) in [5, 5.41) is 15.4. The van der Waals surface area contributed by atoms with Crippen LogP contribution in [0.25, 0.3) is 16.2 Å². The molecule has 90 valence electrons. The molecule has 0 spiro atoms. The van der Waals surface area contributed by atoms with Gasteiger partial charge in [0, 0.05) is 6.07 Å². The molecule has 0 aliphatic rings. The van der Waals surface area contributed by atoms with Gasteiger partial charge in [0.1, 0.15) is 0 Å². The van der Waals surface area contributed by atoms with E-state index in [1.807, 2.05) is 24.4 Å². The molecular weight excluding hydrogens is 250 g/mol. The highest BCUT2D eigenvalue weighted by Crippen LogP contribution is 2.25. The number of hydrogen-bond acceptors (Lipinski definition) is 4. The number of carbonyl (C=O) groups is 1. The topological polar surface area (TPSA) is 67.5 Å². The van der Waals surface area contributed by atoms with Crippen LogP contribution in [0.5, 0.6) is 0 Å². The molecule has 0 aromatic carbocycles. The van der Waals surface area contributed by atoms with Crippen LogP contribution in [0.2, 0.25) is 0 Å². The van der Waals surface area contributed by atoms with Crippen LogP contribution in [-0.2, 0) is 0 Å². The first kappa shape index (κ1) is 10.9. The molecule has 3 aromatic heterocycles. The highest BCUT2D eigenvalue weighted by molar-refractivity contribution is 7.13. The summed E-state index contributed by atoms with van der Waals surface area (Å²) in [6.45, 7) is 1.85. The summed E-state index contributed by atoms with van der Waals surface area (Å²) < 4.78 is 1.67. The molecular formula is C12H9N3O2S. The monoisotopic (exact) mass is 259 g/mol. The van der Waals surface area contributed by atoms with Crippen molar-refractivity contribution in [3.63, 3.8) is 0 Å². The quantitative estimate of drug-likeness (QED) is 0.767. The maximum absolute atomic E-state index is 11.1. The van der Waals surface area contributed by atoms with E-state index >= 15 is 0 Å². The van der Waals surface area contributed by atoms with E-state index < -0.39 is 5.97 Å². The first-order valence-corrected chi connectivity index (χ1v) is 6.18.